The highest BCUT2D eigenvalue weighted by atomic mass is 15.6. The van der Waals surface area contributed by atoms with Crippen molar-refractivity contribution in [2.45, 2.75) is 0 Å². The molecule has 0 radical (unpaired) electrons. The molecular weight excluding hydrogens is 114 g/mol. The van der Waals surface area contributed by atoms with Crippen molar-refractivity contribution in [1.82, 2.24) is 15.3 Å². The van der Waals surface area contributed by atoms with Gasteiger partial charge in [0, 0.05) is 40.3 Å². The summed E-state index contributed by atoms with van der Waals surface area (Å²) in [5.41, 5.74) is 0. The maximum absolute atomic E-state index is 3.32. The molecule has 1 N–H and O–H groups in total. The van der Waals surface area contributed by atoms with Gasteiger partial charge in [0.15, 0.2) is 0 Å². The second-order valence-corrected chi connectivity index (χ2v) is 2.51. The normalized spacial score (nSPS) is 26.0. The van der Waals surface area contributed by atoms with Crippen LogP contribution in [0.4, 0.5) is 0 Å². The summed E-state index contributed by atoms with van der Waals surface area (Å²) in [7, 11) is 4.24. The lowest BCUT2D eigenvalue weighted by Crippen LogP contribution is -2.37. The van der Waals surface area contributed by atoms with Crippen molar-refractivity contribution in [2.24, 2.45) is 0 Å². The van der Waals surface area contributed by atoms with Crippen LogP contribution in [0.3, 0.4) is 0 Å². The molecule has 9 heavy (non-hydrogen) atoms. The Hall–Kier alpha value is -0.120. The number of hydrogen-bond acceptors (Lipinski definition) is 3. The van der Waals surface area contributed by atoms with Gasteiger partial charge in [0.2, 0.25) is 0 Å². The van der Waals surface area contributed by atoms with E-state index in [0.29, 0.717) is 0 Å². The Balaban J connectivity index is 2.32. The van der Waals surface area contributed by atoms with Crippen LogP contribution in [0.2, 0.25) is 0 Å². The minimum absolute atomic E-state index is 1.11. The Morgan fingerprint density at radius 1 is 1.00 bits per heavy atom. The molecule has 0 aromatic rings. The lowest BCUT2D eigenvalue weighted by Gasteiger charge is -2.24. The van der Waals surface area contributed by atoms with Crippen molar-refractivity contribution in [1.29, 1.82) is 0 Å². The molecule has 0 aliphatic carbocycles. The number of likely N-dealkylation sites (N-methyl/N-ethyl adjacent to an activating group) is 2. The summed E-state index contributed by atoms with van der Waals surface area (Å²) in [5.74, 6) is 0. The van der Waals surface area contributed by atoms with Gasteiger partial charge in [-0.15, -0.1) is 0 Å². The van der Waals surface area contributed by atoms with Crippen LogP contribution < -0.4 is 5.32 Å². The SMILES string of the molecule is CN1CCNCCN1C. The Labute approximate surface area is 56.6 Å². The fourth-order valence-corrected chi connectivity index (χ4v) is 0.948. The third-order valence-corrected chi connectivity index (χ3v) is 1.81. The van der Waals surface area contributed by atoms with Crippen LogP contribution in [0.25, 0.3) is 0 Å². The summed E-state index contributed by atoms with van der Waals surface area (Å²) in [5, 5.41) is 7.80. The summed E-state index contributed by atoms with van der Waals surface area (Å²) in [6.45, 7) is 4.47. The van der Waals surface area contributed by atoms with Crippen LogP contribution >= 0.6 is 0 Å². The van der Waals surface area contributed by atoms with E-state index in [2.05, 4.69) is 29.4 Å². The number of hydrogen-bond donors (Lipinski definition) is 1. The number of rotatable bonds is 0. The first-order valence-corrected chi connectivity index (χ1v) is 3.43. The molecule has 0 aromatic carbocycles. The average Bonchev–Trinajstić information content (AvgIpc) is 1.99. The Kier molecular flexibility index (Phi) is 2.45. The van der Waals surface area contributed by atoms with Crippen molar-refractivity contribution in [3.63, 3.8) is 0 Å². The molecule has 0 bridgehead atoms. The third kappa shape index (κ3) is 1.93. The zero-order valence-electron chi connectivity index (χ0n) is 6.22. The van der Waals surface area contributed by atoms with E-state index in [-0.39, 0.29) is 0 Å². The topological polar surface area (TPSA) is 18.5 Å². The molecule has 3 heteroatoms. The average molecular weight is 129 g/mol. The summed E-state index contributed by atoms with van der Waals surface area (Å²) in [6, 6.07) is 0. The molecule has 0 spiro atoms. The molecule has 0 atom stereocenters. The molecule has 0 amide bonds. The molecule has 0 saturated carbocycles. The standard InChI is InChI=1S/C6H15N3/c1-8-5-3-7-4-6-9(8)2/h7H,3-6H2,1-2H3. The molecule has 3 nitrogen and oxygen atoms in total. The van der Waals surface area contributed by atoms with Crippen molar-refractivity contribution in [3.8, 4) is 0 Å². The van der Waals surface area contributed by atoms with Crippen LogP contribution in [0.1, 0.15) is 0 Å². The van der Waals surface area contributed by atoms with Gasteiger partial charge >= 0.3 is 0 Å². The summed E-state index contributed by atoms with van der Waals surface area (Å²) in [6.07, 6.45) is 0. The molecule has 1 saturated heterocycles. The van der Waals surface area contributed by atoms with Gasteiger partial charge in [-0.05, 0) is 0 Å². The lowest BCUT2D eigenvalue weighted by molar-refractivity contribution is 0.0439. The molecule has 1 rings (SSSR count). The second kappa shape index (κ2) is 3.15. The highest BCUT2D eigenvalue weighted by molar-refractivity contribution is 4.59. The zero-order chi connectivity index (χ0) is 6.69. The van der Waals surface area contributed by atoms with Crippen LogP contribution in [-0.4, -0.2) is 50.3 Å². The number of nitrogens with one attached hydrogen (secondary N) is 1. The molecular formula is C6H15N3. The van der Waals surface area contributed by atoms with Gasteiger partial charge in [-0.3, -0.25) is 0 Å². The molecule has 1 heterocycles. The van der Waals surface area contributed by atoms with Gasteiger partial charge in [0.25, 0.3) is 0 Å². The van der Waals surface area contributed by atoms with Gasteiger partial charge in [-0.1, -0.05) is 0 Å². The summed E-state index contributed by atoms with van der Waals surface area (Å²) < 4.78 is 0. The van der Waals surface area contributed by atoms with Gasteiger partial charge in [0.05, 0.1) is 0 Å². The summed E-state index contributed by atoms with van der Waals surface area (Å²) in [4.78, 5) is 0. The fourth-order valence-electron chi connectivity index (χ4n) is 0.948. The van der Waals surface area contributed by atoms with Crippen LogP contribution in [-0.2, 0) is 0 Å². The van der Waals surface area contributed by atoms with E-state index in [4.69, 9.17) is 0 Å². The van der Waals surface area contributed by atoms with E-state index in [9.17, 15) is 0 Å². The molecule has 1 aliphatic heterocycles. The summed E-state index contributed by atoms with van der Waals surface area (Å²) >= 11 is 0. The van der Waals surface area contributed by atoms with E-state index < -0.39 is 0 Å². The molecule has 0 unspecified atom stereocenters. The maximum Gasteiger partial charge on any atom is 0.0255 e. The highest BCUT2D eigenvalue weighted by Crippen LogP contribution is 1.90. The van der Waals surface area contributed by atoms with Gasteiger partial charge in [0.1, 0.15) is 0 Å². The Bertz CT molecular complexity index is 74.4. The van der Waals surface area contributed by atoms with E-state index in [0.717, 1.165) is 26.2 Å². The van der Waals surface area contributed by atoms with E-state index in [1.807, 2.05) is 0 Å². The van der Waals surface area contributed by atoms with Crippen LogP contribution in [0.15, 0.2) is 0 Å². The maximum atomic E-state index is 3.32. The minimum atomic E-state index is 1.11. The molecule has 1 aliphatic rings. The van der Waals surface area contributed by atoms with Crippen molar-refractivity contribution >= 4 is 0 Å². The van der Waals surface area contributed by atoms with Crippen molar-refractivity contribution < 1.29 is 0 Å². The van der Waals surface area contributed by atoms with Crippen molar-refractivity contribution in [3.05, 3.63) is 0 Å². The first kappa shape index (κ1) is 6.99. The Morgan fingerprint density at radius 2 is 1.44 bits per heavy atom. The second-order valence-electron chi connectivity index (χ2n) is 2.51. The predicted molar refractivity (Wildman–Crippen MR) is 38.1 cm³/mol. The van der Waals surface area contributed by atoms with Gasteiger partial charge in [-0.25, -0.2) is 10.0 Å². The molecule has 1 fully saturated rings. The van der Waals surface area contributed by atoms with E-state index >= 15 is 0 Å². The van der Waals surface area contributed by atoms with Crippen LogP contribution in [0, 0.1) is 0 Å². The Morgan fingerprint density at radius 3 is 1.89 bits per heavy atom. The number of nitrogens with zero attached hydrogens (tertiary/aromatic N) is 2. The zero-order valence-corrected chi connectivity index (χ0v) is 6.22. The lowest BCUT2D eigenvalue weighted by atomic mass is 10.6. The third-order valence-electron chi connectivity index (χ3n) is 1.81. The first-order valence-electron chi connectivity index (χ1n) is 3.43. The molecule has 54 valence electrons. The smallest absolute Gasteiger partial charge is 0.0255 e. The predicted octanol–water partition coefficient (Wildman–Crippen LogP) is -0.632. The molecule has 0 aromatic heterocycles. The minimum Gasteiger partial charge on any atom is -0.314 e. The monoisotopic (exact) mass is 129 g/mol. The largest absolute Gasteiger partial charge is 0.314 e. The van der Waals surface area contributed by atoms with Crippen molar-refractivity contribution in [2.75, 3.05) is 40.3 Å². The quantitative estimate of drug-likeness (QED) is 0.470. The fraction of sp³-hybridized carbons (Fsp3) is 1.00. The highest BCUT2D eigenvalue weighted by Gasteiger charge is 2.07. The number of hydrazine groups is 1. The van der Waals surface area contributed by atoms with Gasteiger partial charge < -0.3 is 5.32 Å². The first-order chi connectivity index (χ1) is 4.30. The van der Waals surface area contributed by atoms with Crippen LogP contribution in [0.5, 0.6) is 0 Å². The van der Waals surface area contributed by atoms with Gasteiger partial charge in [-0.2, -0.15) is 0 Å². The van der Waals surface area contributed by atoms with E-state index in [1.165, 1.54) is 0 Å². The van der Waals surface area contributed by atoms with E-state index in [1.54, 1.807) is 0 Å².